The van der Waals surface area contributed by atoms with Crippen LogP contribution in [0, 0.1) is 11.8 Å². The summed E-state index contributed by atoms with van der Waals surface area (Å²) in [6, 6.07) is 0. The molecule has 0 aromatic carbocycles. The highest BCUT2D eigenvalue weighted by Gasteiger charge is 2.29. The third-order valence-corrected chi connectivity index (χ3v) is 3.84. The van der Waals surface area contributed by atoms with Gasteiger partial charge < -0.3 is 19.3 Å². The number of nitrogens with zero attached hydrogens (tertiary/aromatic N) is 2. The first kappa shape index (κ1) is 14.8. The molecule has 5 heteroatoms. The predicted molar refractivity (Wildman–Crippen MR) is 73.0 cm³/mol. The van der Waals surface area contributed by atoms with Crippen molar-refractivity contribution in [2.24, 2.45) is 11.8 Å². The van der Waals surface area contributed by atoms with E-state index >= 15 is 0 Å². The van der Waals surface area contributed by atoms with Crippen molar-refractivity contribution in [1.82, 2.24) is 9.80 Å². The minimum Gasteiger partial charge on any atom is -0.381 e. The van der Waals surface area contributed by atoms with Crippen LogP contribution in [0.3, 0.4) is 0 Å². The lowest BCUT2D eigenvalue weighted by atomic mass is 9.98. The molecule has 2 aliphatic heterocycles. The molecule has 19 heavy (non-hydrogen) atoms. The summed E-state index contributed by atoms with van der Waals surface area (Å²) >= 11 is 0. The molecule has 0 saturated carbocycles. The topological polar surface area (TPSA) is 42.0 Å². The van der Waals surface area contributed by atoms with E-state index in [9.17, 15) is 4.79 Å². The number of carbonyl (C=O) groups is 1. The molecule has 2 fully saturated rings. The van der Waals surface area contributed by atoms with Gasteiger partial charge in [-0.15, -0.1) is 0 Å². The first-order valence-corrected chi connectivity index (χ1v) is 7.26. The van der Waals surface area contributed by atoms with Gasteiger partial charge in [0.05, 0.1) is 13.2 Å². The summed E-state index contributed by atoms with van der Waals surface area (Å²) in [7, 11) is 4.13. The Morgan fingerprint density at radius 2 is 1.95 bits per heavy atom. The lowest BCUT2D eigenvalue weighted by molar-refractivity contribution is -0.139. The quantitative estimate of drug-likeness (QED) is 0.747. The zero-order valence-electron chi connectivity index (χ0n) is 12.1. The van der Waals surface area contributed by atoms with Gasteiger partial charge in [0.25, 0.3) is 0 Å². The van der Waals surface area contributed by atoms with Crippen molar-refractivity contribution in [2.75, 3.05) is 60.2 Å². The Balaban J connectivity index is 1.91. The van der Waals surface area contributed by atoms with Crippen molar-refractivity contribution in [3.05, 3.63) is 0 Å². The van der Waals surface area contributed by atoms with Crippen LogP contribution >= 0.6 is 0 Å². The average Bonchev–Trinajstić information content (AvgIpc) is 2.64. The Labute approximate surface area is 115 Å². The molecule has 0 radical (unpaired) electrons. The summed E-state index contributed by atoms with van der Waals surface area (Å²) < 4.78 is 11.0. The van der Waals surface area contributed by atoms with Crippen LogP contribution in [0.2, 0.25) is 0 Å². The molecule has 2 heterocycles. The van der Waals surface area contributed by atoms with Crippen LogP contribution < -0.4 is 0 Å². The van der Waals surface area contributed by atoms with E-state index in [1.165, 1.54) is 0 Å². The third-order valence-electron chi connectivity index (χ3n) is 3.84. The van der Waals surface area contributed by atoms with Gasteiger partial charge in [0, 0.05) is 44.7 Å². The summed E-state index contributed by atoms with van der Waals surface area (Å²) in [6.45, 7) is 5.41. The molecule has 110 valence electrons. The number of hydrogen-bond donors (Lipinski definition) is 0. The Morgan fingerprint density at radius 1 is 1.21 bits per heavy atom. The van der Waals surface area contributed by atoms with E-state index in [2.05, 4.69) is 19.0 Å². The molecule has 0 bridgehead atoms. The van der Waals surface area contributed by atoms with Gasteiger partial charge in [-0.2, -0.15) is 0 Å². The number of hydrogen-bond acceptors (Lipinski definition) is 4. The Hall–Kier alpha value is -0.650. The Bertz CT molecular complexity index is 290. The minimum atomic E-state index is 0.159. The molecule has 0 aromatic rings. The molecular formula is C14H26N2O3. The maximum absolute atomic E-state index is 12.5. The summed E-state index contributed by atoms with van der Waals surface area (Å²) in [6.07, 6.45) is 1.74. The number of amides is 1. The molecule has 2 rings (SSSR count). The van der Waals surface area contributed by atoms with Crippen molar-refractivity contribution < 1.29 is 14.3 Å². The minimum absolute atomic E-state index is 0.159. The molecular weight excluding hydrogens is 244 g/mol. The van der Waals surface area contributed by atoms with Crippen molar-refractivity contribution in [1.29, 1.82) is 0 Å². The van der Waals surface area contributed by atoms with Crippen molar-refractivity contribution in [2.45, 2.75) is 12.8 Å². The molecule has 0 N–H and O–H groups in total. The average molecular weight is 270 g/mol. The van der Waals surface area contributed by atoms with E-state index < -0.39 is 0 Å². The predicted octanol–water partition coefficient (Wildman–Crippen LogP) is 0.450. The molecule has 0 spiro atoms. The summed E-state index contributed by atoms with van der Waals surface area (Å²) in [5.74, 6) is 0.880. The van der Waals surface area contributed by atoms with Gasteiger partial charge in [-0.1, -0.05) is 0 Å². The Morgan fingerprint density at radius 3 is 2.63 bits per heavy atom. The number of ether oxygens (including phenoxy) is 2. The first-order valence-electron chi connectivity index (χ1n) is 7.26. The van der Waals surface area contributed by atoms with E-state index in [1.54, 1.807) is 0 Å². The summed E-state index contributed by atoms with van der Waals surface area (Å²) in [5, 5.41) is 0. The zero-order chi connectivity index (χ0) is 13.7. The van der Waals surface area contributed by atoms with Crippen LogP contribution in [-0.4, -0.2) is 75.9 Å². The SMILES string of the molecule is CN(C)C[C@@H]1COCCN(C(=O)C2CCOCC2)C1. The summed E-state index contributed by atoms with van der Waals surface area (Å²) in [4.78, 5) is 16.7. The van der Waals surface area contributed by atoms with Gasteiger partial charge in [0.15, 0.2) is 0 Å². The van der Waals surface area contributed by atoms with Gasteiger partial charge in [0.1, 0.15) is 0 Å². The highest BCUT2D eigenvalue weighted by molar-refractivity contribution is 5.79. The molecule has 1 amide bonds. The second-order valence-electron chi connectivity index (χ2n) is 5.87. The number of rotatable bonds is 3. The van der Waals surface area contributed by atoms with Crippen LogP contribution in [0.4, 0.5) is 0 Å². The molecule has 0 aliphatic carbocycles. The molecule has 0 aromatic heterocycles. The Kier molecular flexibility index (Phi) is 5.60. The monoisotopic (exact) mass is 270 g/mol. The first-order chi connectivity index (χ1) is 9.16. The van der Waals surface area contributed by atoms with E-state index in [0.717, 1.165) is 52.3 Å². The zero-order valence-corrected chi connectivity index (χ0v) is 12.1. The second kappa shape index (κ2) is 7.22. The lowest BCUT2D eigenvalue weighted by Gasteiger charge is -2.30. The normalized spacial score (nSPS) is 26.5. The maximum atomic E-state index is 12.5. The lowest BCUT2D eigenvalue weighted by Crippen LogP contribution is -2.43. The van der Waals surface area contributed by atoms with Crippen molar-refractivity contribution in [3.8, 4) is 0 Å². The van der Waals surface area contributed by atoms with Crippen LogP contribution in [0.1, 0.15) is 12.8 Å². The van der Waals surface area contributed by atoms with Crippen LogP contribution in [0.5, 0.6) is 0 Å². The second-order valence-corrected chi connectivity index (χ2v) is 5.87. The molecule has 0 unspecified atom stereocenters. The van der Waals surface area contributed by atoms with E-state index in [0.29, 0.717) is 18.4 Å². The van der Waals surface area contributed by atoms with Gasteiger partial charge in [-0.3, -0.25) is 4.79 Å². The third kappa shape index (κ3) is 4.44. The summed E-state index contributed by atoms with van der Waals surface area (Å²) in [5.41, 5.74) is 0. The van der Waals surface area contributed by atoms with Gasteiger partial charge >= 0.3 is 0 Å². The van der Waals surface area contributed by atoms with E-state index in [1.807, 2.05) is 4.90 Å². The highest BCUT2D eigenvalue weighted by Crippen LogP contribution is 2.19. The van der Waals surface area contributed by atoms with Gasteiger partial charge in [0.2, 0.25) is 5.91 Å². The smallest absolute Gasteiger partial charge is 0.225 e. The van der Waals surface area contributed by atoms with E-state index in [4.69, 9.17) is 9.47 Å². The van der Waals surface area contributed by atoms with Crippen LogP contribution in [0.25, 0.3) is 0 Å². The van der Waals surface area contributed by atoms with E-state index in [-0.39, 0.29) is 5.92 Å². The molecule has 1 atom stereocenters. The van der Waals surface area contributed by atoms with Crippen LogP contribution in [0.15, 0.2) is 0 Å². The molecule has 2 saturated heterocycles. The number of carbonyl (C=O) groups excluding carboxylic acids is 1. The standard InChI is InChI=1S/C14H26N2O3/c1-15(2)9-12-10-16(5-8-19-11-12)14(17)13-3-6-18-7-4-13/h12-13H,3-11H2,1-2H3/t12-/m0/s1. The van der Waals surface area contributed by atoms with Crippen molar-refractivity contribution >= 4 is 5.91 Å². The fourth-order valence-corrected chi connectivity index (χ4v) is 2.91. The molecule has 2 aliphatic rings. The van der Waals surface area contributed by atoms with Crippen LogP contribution in [-0.2, 0) is 14.3 Å². The van der Waals surface area contributed by atoms with Gasteiger partial charge in [-0.05, 0) is 26.9 Å². The maximum Gasteiger partial charge on any atom is 0.225 e. The molecule has 5 nitrogen and oxygen atoms in total. The largest absolute Gasteiger partial charge is 0.381 e. The highest BCUT2D eigenvalue weighted by atomic mass is 16.5. The van der Waals surface area contributed by atoms with Crippen molar-refractivity contribution in [3.63, 3.8) is 0 Å². The fraction of sp³-hybridized carbons (Fsp3) is 0.929. The van der Waals surface area contributed by atoms with Gasteiger partial charge in [-0.25, -0.2) is 0 Å². The fourth-order valence-electron chi connectivity index (χ4n) is 2.91.